The summed E-state index contributed by atoms with van der Waals surface area (Å²) in [6.45, 7) is 5.20. The normalized spacial score (nSPS) is 17.4. The molecule has 3 heterocycles. The molecule has 4 aromatic rings. The van der Waals surface area contributed by atoms with Crippen LogP contribution in [0.15, 0.2) is 53.3 Å². The average Bonchev–Trinajstić information content (AvgIpc) is 3.15. The van der Waals surface area contributed by atoms with Crippen molar-refractivity contribution in [2.45, 2.75) is 51.6 Å². The molecular weight excluding hydrogens is 438 g/mol. The Morgan fingerprint density at radius 2 is 1.97 bits per heavy atom. The number of hydrogen-bond acceptors (Lipinski definition) is 4. The number of likely N-dealkylation sites (tertiary alicyclic amines) is 1. The van der Waals surface area contributed by atoms with E-state index in [2.05, 4.69) is 24.0 Å². The van der Waals surface area contributed by atoms with Crippen molar-refractivity contribution in [3.8, 4) is 0 Å². The summed E-state index contributed by atoms with van der Waals surface area (Å²) in [7, 11) is 0. The molecule has 0 saturated carbocycles. The highest BCUT2D eigenvalue weighted by Crippen LogP contribution is 2.34. The van der Waals surface area contributed by atoms with E-state index in [1.54, 1.807) is 11.3 Å². The second-order valence-electron chi connectivity index (χ2n) is 8.81. The Labute approximate surface area is 197 Å². The summed E-state index contributed by atoms with van der Waals surface area (Å²) in [5, 5.41) is 1.71. The molecule has 2 aromatic heterocycles. The lowest BCUT2D eigenvalue weighted by molar-refractivity contribution is 0.157. The number of piperidine rings is 1. The maximum Gasteiger partial charge on any atom is 0.273 e. The van der Waals surface area contributed by atoms with Gasteiger partial charge < -0.3 is 9.47 Å². The first-order chi connectivity index (χ1) is 15.6. The van der Waals surface area contributed by atoms with Crippen LogP contribution in [-0.2, 0) is 13.0 Å². The average molecular weight is 466 g/mol. The lowest BCUT2D eigenvalue weighted by Gasteiger charge is -2.33. The first kappa shape index (κ1) is 21.6. The van der Waals surface area contributed by atoms with E-state index in [9.17, 15) is 4.79 Å². The minimum Gasteiger partial charge on any atom is -0.304 e. The predicted octanol–water partition coefficient (Wildman–Crippen LogP) is 6.12. The molecule has 32 heavy (non-hydrogen) atoms. The summed E-state index contributed by atoms with van der Waals surface area (Å²) in [5.41, 5.74) is 2.68. The van der Waals surface area contributed by atoms with Crippen molar-refractivity contribution in [3.63, 3.8) is 0 Å². The van der Waals surface area contributed by atoms with E-state index in [4.69, 9.17) is 16.6 Å². The molecule has 1 fully saturated rings. The van der Waals surface area contributed by atoms with Gasteiger partial charge in [0.2, 0.25) is 0 Å². The smallest absolute Gasteiger partial charge is 0.273 e. The number of hydrogen-bond donors (Lipinski definition) is 0. The molecule has 0 spiro atoms. The Hall–Kier alpha value is -2.21. The van der Waals surface area contributed by atoms with Gasteiger partial charge >= 0.3 is 0 Å². The Morgan fingerprint density at radius 1 is 1.12 bits per heavy atom. The number of aryl methyl sites for hydroxylation is 1. The van der Waals surface area contributed by atoms with Gasteiger partial charge in [-0.15, -0.1) is 11.3 Å². The van der Waals surface area contributed by atoms with Gasteiger partial charge in [-0.3, -0.25) is 4.79 Å². The zero-order valence-corrected chi connectivity index (χ0v) is 20.0. The maximum atomic E-state index is 13.6. The summed E-state index contributed by atoms with van der Waals surface area (Å²) in [6, 6.07) is 16.7. The van der Waals surface area contributed by atoms with E-state index >= 15 is 0 Å². The minimum atomic E-state index is 0.0210. The first-order valence-corrected chi connectivity index (χ1v) is 12.7. The lowest BCUT2D eigenvalue weighted by Crippen LogP contribution is -2.38. The molecule has 1 atom stereocenters. The molecule has 166 valence electrons. The van der Waals surface area contributed by atoms with Crippen LogP contribution in [0.4, 0.5) is 0 Å². The molecule has 1 unspecified atom stereocenters. The summed E-state index contributed by atoms with van der Waals surface area (Å²) in [4.78, 5) is 21.9. The Balaban J connectivity index is 1.54. The van der Waals surface area contributed by atoms with Crippen molar-refractivity contribution in [3.05, 3.63) is 75.2 Å². The van der Waals surface area contributed by atoms with Gasteiger partial charge in [-0.2, -0.15) is 0 Å². The van der Waals surface area contributed by atoms with Gasteiger partial charge in [-0.05, 0) is 56.5 Å². The number of halogens is 1. The number of rotatable bonds is 6. The summed E-state index contributed by atoms with van der Waals surface area (Å²) >= 11 is 7.96. The monoisotopic (exact) mass is 465 g/mol. The van der Waals surface area contributed by atoms with Crippen molar-refractivity contribution < 1.29 is 0 Å². The quantitative estimate of drug-likeness (QED) is 0.344. The van der Waals surface area contributed by atoms with Gasteiger partial charge in [-0.25, -0.2) is 4.98 Å². The van der Waals surface area contributed by atoms with Crippen LogP contribution in [0.25, 0.3) is 20.4 Å². The highest BCUT2D eigenvalue weighted by atomic mass is 35.5. The van der Waals surface area contributed by atoms with Crippen molar-refractivity contribution in [1.82, 2.24) is 14.5 Å². The van der Waals surface area contributed by atoms with Crippen LogP contribution in [0.3, 0.4) is 0 Å². The molecule has 6 heteroatoms. The Kier molecular flexibility index (Phi) is 6.31. The molecule has 1 aliphatic heterocycles. The van der Waals surface area contributed by atoms with Crippen molar-refractivity contribution in [1.29, 1.82) is 0 Å². The number of nitrogens with zero attached hydrogens (tertiary/aromatic N) is 3. The minimum absolute atomic E-state index is 0.0210. The fourth-order valence-electron chi connectivity index (χ4n) is 4.85. The van der Waals surface area contributed by atoms with Crippen molar-refractivity contribution in [2.24, 2.45) is 0 Å². The number of benzene rings is 2. The van der Waals surface area contributed by atoms with E-state index < -0.39 is 0 Å². The third-order valence-corrected chi connectivity index (χ3v) is 7.88. The van der Waals surface area contributed by atoms with Crippen LogP contribution in [0.5, 0.6) is 0 Å². The number of thiophene rings is 1. The first-order valence-electron chi connectivity index (χ1n) is 11.5. The van der Waals surface area contributed by atoms with Gasteiger partial charge in [0.1, 0.15) is 10.5 Å². The molecule has 0 radical (unpaired) electrons. The molecule has 4 nitrogen and oxygen atoms in total. The third kappa shape index (κ3) is 4.34. The Morgan fingerprint density at radius 3 is 2.78 bits per heavy atom. The van der Waals surface area contributed by atoms with Crippen LogP contribution >= 0.6 is 22.9 Å². The van der Waals surface area contributed by atoms with Gasteiger partial charge in [0, 0.05) is 40.7 Å². The standard InChI is InChI=1S/C26H28ClN3OS/c1-18-8-5-6-13-29(18)14-7-15-30-24-21-17-20(27)11-12-23(21)32-25(24)28-22(26(30)31)16-19-9-3-2-4-10-19/h2-4,9-12,17-18H,5-8,13-16H2,1H3. The molecule has 0 bridgehead atoms. The molecule has 1 aliphatic rings. The molecule has 0 aliphatic carbocycles. The van der Waals surface area contributed by atoms with Crippen LogP contribution in [0.2, 0.25) is 5.02 Å². The number of aromatic nitrogens is 2. The largest absolute Gasteiger partial charge is 0.304 e. The maximum absolute atomic E-state index is 13.6. The van der Waals surface area contributed by atoms with Crippen LogP contribution in [0.1, 0.15) is 43.9 Å². The van der Waals surface area contributed by atoms with Crippen LogP contribution in [0, 0.1) is 0 Å². The van der Waals surface area contributed by atoms with Gasteiger partial charge in [0.15, 0.2) is 0 Å². The van der Waals surface area contributed by atoms with E-state index in [0.29, 0.717) is 29.7 Å². The highest BCUT2D eigenvalue weighted by molar-refractivity contribution is 7.25. The van der Waals surface area contributed by atoms with Crippen LogP contribution < -0.4 is 5.56 Å². The molecule has 0 amide bonds. The molecule has 0 N–H and O–H groups in total. The lowest BCUT2D eigenvalue weighted by atomic mass is 10.0. The van der Waals surface area contributed by atoms with E-state index in [-0.39, 0.29) is 5.56 Å². The second-order valence-corrected chi connectivity index (χ2v) is 10.3. The van der Waals surface area contributed by atoms with Gasteiger partial charge in [0.05, 0.1) is 5.52 Å². The van der Waals surface area contributed by atoms with E-state index in [1.165, 1.54) is 19.3 Å². The zero-order chi connectivity index (χ0) is 22.1. The van der Waals surface area contributed by atoms with Crippen LogP contribution in [-0.4, -0.2) is 33.6 Å². The number of fused-ring (bicyclic) bond motifs is 3. The topological polar surface area (TPSA) is 38.1 Å². The molecule has 5 rings (SSSR count). The highest BCUT2D eigenvalue weighted by Gasteiger charge is 2.20. The van der Waals surface area contributed by atoms with Gasteiger partial charge in [-0.1, -0.05) is 48.4 Å². The fourth-order valence-corrected chi connectivity index (χ4v) is 6.10. The Bertz CT molecular complexity index is 1300. The summed E-state index contributed by atoms with van der Waals surface area (Å²) in [5.74, 6) is 0. The summed E-state index contributed by atoms with van der Waals surface area (Å²) < 4.78 is 3.08. The predicted molar refractivity (Wildman–Crippen MR) is 135 cm³/mol. The SMILES string of the molecule is CC1CCCCN1CCCn1c(=O)c(Cc2ccccc2)nc2sc3ccc(Cl)cc3c21. The molecular formula is C26H28ClN3OS. The van der Waals surface area contributed by atoms with E-state index in [0.717, 1.165) is 45.5 Å². The summed E-state index contributed by atoms with van der Waals surface area (Å²) in [6.07, 6.45) is 5.37. The van der Waals surface area contributed by atoms with Crippen molar-refractivity contribution in [2.75, 3.05) is 13.1 Å². The van der Waals surface area contributed by atoms with E-state index in [1.807, 2.05) is 41.0 Å². The fraction of sp³-hybridized carbons (Fsp3) is 0.385. The van der Waals surface area contributed by atoms with Crippen molar-refractivity contribution >= 4 is 43.4 Å². The second kappa shape index (κ2) is 9.34. The zero-order valence-electron chi connectivity index (χ0n) is 18.4. The van der Waals surface area contributed by atoms with Gasteiger partial charge in [0.25, 0.3) is 5.56 Å². The third-order valence-electron chi connectivity index (χ3n) is 6.59. The molecule has 2 aromatic carbocycles. The molecule has 1 saturated heterocycles.